The normalized spacial score (nSPS) is 18.4. The Hall–Kier alpha value is -1.85. The number of hydrogen-bond donors (Lipinski definition) is 0. The third-order valence-corrected chi connectivity index (χ3v) is 4.29. The van der Waals surface area contributed by atoms with Gasteiger partial charge in [-0.1, -0.05) is 12.1 Å². The number of aryl methyl sites for hydroxylation is 2. The fourth-order valence-electron chi connectivity index (χ4n) is 3.11. The Labute approximate surface area is 130 Å². The van der Waals surface area contributed by atoms with Gasteiger partial charge in [-0.25, -0.2) is 4.68 Å². The summed E-state index contributed by atoms with van der Waals surface area (Å²) >= 11 is 0. The van der Waals surface area contributed by atoms with Crippen LogP contribution in [0.5, 0.6) is 5.75 Å². The lowest BCUT2D eigenvalue weighted by atomic mass is 9.99. The molecule has 2 heterocycles. The lowest BCUT2D eigenvalue weighted by molar-refractivity contribution is -0.146. The summed E-state index contributed by atoms with van der Waals surface area (Å²) in [5, 5.41) is 6.62. The van der Waals surface area contributed by atoms with E-state index in [2.05, 4.69) is 12.3 Å². The molecule has 2 aromatic rings. The van der Waals surface area contributed by atoms with E-state index in [1.165, 1.54) is 24.1 Å². The summed E-state index contributed by atoms with van der Waals surface area (Å²) in [7, 11) is 0. The molecule has 0 bridgehead atoms. The van der Waals surface area contributed by atoms with Crippen LogP contribution in [0.3, 0.4) is 0 Å². The fourth-order valence-corrected chi connectivity index (χ4v) is 3.11. The summed E-state index contributed by atoms with van der Waals surface area (Å²) in [6, 6.07) is 8.06. The number of benzene rings is 1. The molecule has 22 heavy (non-hydrogen) atoms. The van der Waals surface area contributed by atoms with Gasteiger partial charge in [-0.3, -0.25) is 4.84 Å². The Morgan fingerprint density at radius 3 is 2.91 bits per heavy atom. The van der Waals surface area contributed by atoms with Crippen molar-refractivity contribution in [1.82, 2.24) is 14.8 Å². The number of para-hydroxylation sites is 2. The second kappa shape index (κ2) is 6.10. The third-order valence-electron chi connectivity index (χ3n) is 4.29. The van der Waals surface area contributed by atoms with Crippen LogP contribution in [0.2, 0.25) is 0 Å². The zero-order chi connectivity index (χ0) is 14.8. The molecule has 1 aliphatic carbocycles. The third kappa shape index (κ3) is 2.74. The van der Waals surface area contributed by atoms with E-state index in [4.69, 9.17) is 14.7 Å². The van der Waals surface area contributed by atoms with Crippen LogP contribution in [-0.2, 0) is 17.7 Å². The van der Waals surface area contributed by atoms with Gasteiger partial charge in [0.2, 0.25) is 0 Å². The fraction of sp³-hybridized carbons (Fsp3) is 0.471. The van der Waals surface area contributed by atoms with E-state index >= 15 is 0 Å². The molecule has 0 atom stereocenters. The number of hydroxylamine groups is 2. The van der Waals surface area contributed by atoms with E-state index in [-0.39, 0.29) is 0 Å². The lowest BCUT2D eigenvalue weighted by Gasteiger charge is -2.16. The SMILES string of the molecule is c1ccc(-n2cc3c(n2)CCCC3)c(OCN2CCCO2)c1. The maximum atomic E-state index is 5.95. The monoisotopic (exact) mass is 299 g/mol. The number of hydrogen-bond acceptors (Lipinski definition) is 4. The molecule has 1 fully saturated rings. The zero-order valence-corrected chi connectivity index (χ0v) is 12.7. The molecule has 0 amide bonds. The van der Waals surface area contributed by atoms with Crippen molar-refractivity contribution in [3.63, 3.8) is 0 Å². The second-order valence-corrected chi connectivity index (χ2v) is 5.89. The summed E-state index contributed by atoms with van der Waals surface area (Å²) in [5.41, 5.74) is 3.61. The first-order valence-electron chi connectivity index (χ1n) is 8.08. The summed E-state index contributed by atoms with van der Waals surface area (Å²) in [4.78, 5) is 5.47. The van der Waals surface area contributed by atoms with Crippen LogP contribution >= 0.6 is 0 Å². The van der Waals surface area contributed by atoms with Crippen molar-refractivity contribution in [3.8, 4) is 11.4 Å². The van der Waals surface area contributed by atoms with Crippen LogP contribution < -0.4 is 4.74 Å². The van der Waals surface area contributed by atoms with Crippen molar-refractivity contribution in [3.05, 3.63) is 41.7 Å². The Kier molecular flexibility index (Phi) is 3.83. The standard InChI is InChI=1S/C17H21N3O2/c1-2-7-15-14(6-1)12-20(18-15)16-8-3-4-9-17(16)21-13-19-10-5-11-22-19/h3-4,8-9,12H,1-2,5-7,10-11,13H2. The molecule has 5 nitrogen and oxygen atoms in total. The van der Waals surface area contributed by atoms with Gasteiger partial charge in [-0.15, -0.1) is 0 Å². The van der Waals surface area contributed by atoms with E-state index in [0.717, 1.165) is 43.9 Å². The highest BCUT2D eigenvalue weighted by atomic mass is 16.7. The average Bonchev–Trinajstić information content (AvgIpc) is 3.22. The van der Waals surface area contributed by atoms with Gasteiger partial charge in [0, 0.05) is 12.7 Å². The molecule has 1 aromatic heterocycles. The van der Waals surface area contributed by atoms with Crippen molar-refractivity contribution in [2.75, 3.05) is 19.9 Å². The summed E-state index contributed by atoms with van der Waals surface area (Å²) in [5.74, 6) is 0.845. The van der Waals surface area contributed by atoms with Crippen molar-refractivity contribution in [1.29, 1.82) is 0 Å². The molecule has 0 N–H and O–H groups in total. The largest absolute Gasteiger partial charge is 0.474 e. The van der Waals surface area contributed by atoms with E-state index in [1.807, 2.05) is 27.9 Å². The van der Waals surface area contributed by atoms with Crippen LogP contribution in [-0.4, -0.2) is 34.7 Å². The molecule has 2 aliphatic rings. The molecule has 0 unspecified atom stereocenters. The Morgan fingerprint density at radius 2 is 2.05 bits per heavy atom. The van der Waals surface area contributed by atoms with Gasteiger partial charge in [0.05, 0.1) is 12.3 Å². The van der Waals surface area contributed by atoms with Gasteiger partial charge in [0.1, 0.15) is 11.4 Å². The van der Waals surface area contributed by atoms with E-state index in [9.17, 15) is 0 Å². The molecule has 5 heteroatoms. The minimum atomic E-state index is 0.456. The number of ether oxygens (including phenoxy) is 1. The smallest absolute Gasteiger partial charge is 0.164 e. The summed E-state index contributed by atoms with van der Waals surface area (Å²) in [6.07, 6.45) is 7.96. The summed E-state index contributed by atoms with van der Waals surface area (Å²) < 4.78 is 7.92. The van der Waals surface area contributed by atoms with Gasteiger partial charge in [-0.05, 0) is 49.8 Å². The Morgan fingerprint density at radius 1 is 1.14 bits per heavy atom. The Bertz CT molecular complexity index is 624. The molecule has 1 aliphatic heterocycles. The van der Waals surface area contributed by atoms with Crippen molar-refractivity contribution < 1.29 is 9.57 Å². The van der Waals surface area contributed by atoms with Crippen LogP contribution in [0.25, 0.3) is 5.69 Å². The maximum absolute atomic E-state index is 5.95. The number of aromatic nitrogens is 2. The minimum absolute atomic E-state index is 0.456. The average molecular weight is 299 g/mol. The molecular weight excluding hydrogens is 278 g/mol. The Balaban J connectivity index is 1.56. The van der Waals surface area contributed by atoms with Crippen LogP contribution in [0.15, 0.2) is 30.5 Å². The van der Waals surface area contributed by atoms with Gasteiger partial charge < -0.3 is 4.74 Å². The highest BCUT2D eigenvalue weighted by molar-refractivity contribution is 5.46. The highest BCUT2D eigenvalue weighted by Gasteiger charge is 2.17. The molecule has 116 valence electrons. The number of fused-ring (bicyclic) bond motifs is 1. The molecule has 1 aromatic carbocycles. The molecule has 4 rings (SSSR count). The van der Waals surface area contributed by atoms with Gasteiger partial charge >= 0.3 is 0 Å². The van der Waals surface area contributed by atoms with E-state index < -0.39 is 0 Å². The van der Waals surface area contributed by atoms with Crippen molar-refractivity contribution in [2.45, 2.75) is 32.1 Å². The van der Waals surface area contributed by atoms with Crippen LogP contribution in [0.1, 0.15) is 30.5 Å². The van der Waals surface area contributed by atoms with Crippen molar-refractivity contribution >= 4 is 0 Å². The van der Waals surface area contributed by atoms with Crippen molar-refractivity contribution in [2.24, 2.45) is 0 Å². The first kappa shape index (κ1) is 13.8. The topological polar surface area (TPSA) is 39.5 Å². The predicted molar refractivity (Wildman–Crippen MR) is 83.0 cm³/mol. The minimum Gasteiger partial charge on any atom is -0.474 e. The molecular formula is C17H21N3O2. The number of nitrogens with zero attached hydrogens (tertiary/aromatic N) is 3. The van der Waals surface area contributed by atoms with Gasteiger partial charge in [0.25, 0.3) is 0 Å². The second-order valence-electron chi connectivity index (χ2n) is 5.89. The van der Waals surface area contributed by atoms with Gasteiger partial charge in [0.15, 0.2) is 6.73 Å². The number of rotatable bonds is 4. The quantitative estimate of drug-likeness (QED) is 0.870. The van der Waals surface area contributed by atoms with Crippen LogP contribution in [0.4, 0.5) is 0 Å². The predicted octanol–water partition coefficient (Wildman–Crippen LogP) is 2.72. The first-order valence-corrected chi connectivity index (χ1v) is 8.08. The van der Waals surface area contributed by atoms with E-state index in [1.54, 1.807) is 0 Å². The molecule has 0 radical (unpaired) electrons. The van der Waals surface area contributed by atoms with Gasteiger partial charge in [-0.2, -0.15) is 10.2 Å². The zero-order valence-electron chi connectivity index (χ0n) is 12.7. The van der Waals surface area contributed by atoms with E-state index in [0.29, 0.717) is 6.73 Å². The first-order chi connectivity index (χ1) is 10.9. The highest BCUT2D eigenvalue weighted by Crippen LogP contribution is 2.26. The molecule has 0 spiro atoms. The summed E-state index contributed by atoms with van der Waals surface area (Å²) in [6.45, 7) is 2.17. The molecule has 1 saturated heterocycles. The lowest BCUT2D eigenvalue weighted by Crippen LogP contribution is -2.23. The molecule has 0 saturated carbocycles. The maximum Gasteiger partial charge on any atom is 0.164 e. The van der Waals surface area contributed by atoms with Crippen LogP contribution in [0, 0.1) is 0 Å².